The quantitative estimate of drug-likeness (QED) is 0.773. The summed E-state index contributed by atoms with van der Waals surface area (Å²) in [6.07, 6.45) is 4.33. The summed E-state index contributed by atoms with van der Waals surface area (Å²) in [5.74, 6) is 0.724. The molecule has 1 fully saturated rings. The molecule has 17 heavy (non-hydrogen) atoms. The maximum atomic E-state index is 9.01. The predicted molar refractivity (Wildman–Crippen MR) is 65.7 cm³/mol. The predicted octanol–water partition coefficient (Wildman–Crippen LogP) is 0.879. The van der Waals surface area contributed by atoms with Crippen LogP contribution in [-0.4, -0.2) is 47.6 Å². The van der Waals surface area contributed by atoms with Gasteiger partial charge in [0.15, 0.2) is 11.5 Å². The molecular weight excluding hydrogens is 214 g/mol. The fourth-order valence-corrected chi connectivity index (χ4v) is 2.19. The molecule has 0 spiro atoms. The van der Waals surface area contributed by atoms with Gasteiger partial charge in [0.1, 0.15) is 6.07 Å². The van der Waals surface area contributed by atoms with Gasteiger partial charge in [0.2, 0.25) is 0 Å². The fourth-order valence-electron chi connectivity index (χ4n) is 2.19. The average Bonchev–Trinajstić information content (AvgIpc) is 2.87. The van der Waals surface area contributed by atoms with E-state index in [1.165, 1.54) is 0 Å². The van der Waals surface area contributed by atoms with E-state index in [1.54, 1.807) is 12.4 Å². The maximum absolute atomic E-state index is 9.01. The number of nitrogens with zero attached hydrogens (tertiary/aromatic N) is 5. The summed E-state index contributed by atoms with van der Waals surface area (Å²) in [5.41, 5.74) is 0.423. The Kier molecular flexibility index (Phi) is 3.55. The van der Waals surface area contributed by atoms with Gasteiger partial charge in [-0.3, -0.25) is 0 Å². The van der Waals surface area contributed by atoms with E-state index in [4.69, 9.17) is 5.26 Å². The number of anilines is 1. The molecule has 0 saturated carbocycles. The molecule has 1 aliphatic heterocycles. The monoisotopic (exact) mass is 231 g/mol. The van der Waals surface area contributed by atoms with E-state index in [9.17, 15) is 0 Å². The van der Waals surface area contributed by atoms with Crippen LogP contribution in [0.5, 0.6) is 0 Å². The molecule has 0 bridgehead atoms. The summed E-state index contributed by atoms with van der Waals surface area (Å²) in [6, 6.07) is 2.65. The summed E-state index contributed by atoms with van der Waals surface area (Å²) in [7, 11) is 2.13. The van der Waals surface area contributed by atoms with Gasteiger partial charge in [-0.15, -0.1) is 0 Å². The van der Waals surface area contributed by atoms with Gasteiger partial charge in [-0.2, -0.15) is 5.26 Å². The third-order valence-corrected chi connectivity index (χ3v) is 3.37. The van der Waals surface area contributed by atoms with Crippen LogP contribution in [0.4, 0.5) is 5.82 Å². The van der Waals surface area contributed by atoms with Crippen LogP contribution in [0.25, 0.3) is 0 Å². The zero-order valence-electron chi connectivity index (χ0n) is 10.3. The second-order valence-corrected chi connectivity index (χ2v) is 4.30. The van der Waals surface area contributed by atoms with Crippen molar-refractivity contribution in [2.75, 3.05) is 31.6 Å². The Bertz CT molecular complexity index is 425. The van der Waals surface area contributed by atoms with E-state index in [2.05, 4.69) is 39.8 Å². The number of likely N-dealkylation sites (N-methyl/N-ethyl adjacent to an activating group) is 1. The smallest absolute Gasteiger partial charge is 0.183 e. The highest BCUT2D eigenvalue weighted by molar-refractivity contribution is 5.50. The van der Waals surface area contributed by atoms with Gasteiger partial charge in [0, 0.05) is 31.5 Å². The number of nitriles is 1. The molecule has 0 N–H and O–H groups in total. The van der Waals surface area contributed by atoms with Gasteiger partial charge >= 0.3 is 0 Å². The summed E-state index contributed by atoms with van der Waals surface area (Å²) in [4.78, 5) is 12.8. The summed E-state index contributed by atoms with van der Waals surface area (Å²) < 4.78 is 0. The molecule has 0 aromatic carbocycles. The van der Waals surface area contributed by atoms with Crippen LogP contribution in [0.2, 0.25) is 0 Å². The van der Waals surface area contributed by atoms with Crippen molar-refractivity contribution in [2.45, 2.75) is 19.4 Å². The van der Waals surface area contributed by atoms with Crippen molar-refractivity contribution < 1.29 is 0 Å². The SMILES string of the molecule is CCN(C)C1CCN(c2nccnc2C#N)C1. The summed E-state index contributed by atoms with van der Waals surface area (Å²) in [5, 5.41) is 9.01. The van der Waals surface area contributed by atoms with Crippen molar-refractivity contribution in [3.63, 3.8) is 0 Å². The van der Waals surface area contributed by atoms with E-state index in [-0.39, 0.29) is 0 Å². The minimum atomic E-state index is 0.423. The third kappa shape index (κ3) is 2.37. The molecule has 1 saturated heterocycles. The van der Waals surface area contributed by atoms with Crippen molar-refractivity contribution in [1.82, 2.24) is 14.9 Å². The van der Waals surface area contributed by atoms with Crippen molar-refractivity contribution in [2.24, 2.45) is 0 Å². The molecule has 0 aliphatic carbocycles. The van der Waals surface area contributed by atoms with Gasteiger partial charge in [-0.05, 0) is 20.0 Å². The summed E-state index contributed by atoms with van der Waals surface area (Å²) in [6.45, 7) is 5.08. The second kappa shape index (κ2) is 5.11. The molecule has 5 nitrogen and oxygen atoms in total. The lowest BCUT2D eigenvalue weighted by molar-refractivity contribution is 0.272. The number of aromatic nitrogens is 2. The van der Waals surface area contributed by atoms with Gasteiger partial charge < -0.3 is 9.80 Å². The molecular formula is C12H17N5. The van der Waals surface area contributed by atoms with E-state index < -0.39 is 0 Å². The first-order chi connectivity index (χ1) is 8.26. The highest BCUT2D eigenvalue weighted by Gasteiger charge is 2.27. The van der Waals surface area contributed by atoms with Crippen molar-refractivity contribution in [1.29, 1.82) is 5.26 Å². The average molecular weight is 231 g/mol. The number of rotatable bonds is 3. The third-order valence-electron chi connectivity index (χ3n) is 3.37. The van der Waals surface area contributed by atoms with Gasteiger partial charge in [-0.1, -0.05) is 6.92 Å². The van der Waals surface area contributed by atoms with Gasteiger partial charge in [0.25, 0.3) is 0 Å². The second-order valence-electron chi connectivity index (χ2n) is 4.30. The Balaban J connectivity index is 2.13. The molecule has 2 rings (SSSR count). The van der Waals surface area contributed by atoms with Crippen LogP contribution in [0.15, 0.2) is 12.4 Å². The van der Waals surface area contributed by atoms with Crippen LogP contribution in [-0.2, 0) is 0 Å². The lowest BCUT2D eigenvalue weighted by atomic mass is 10.2. The Morgan fingerprint density at radius 3 is 3.00 bits per heavy atom. The highest BCUT2D eigenvalue weighted by Crippen LogP contribution is 2.22. The standard InChI is InChI=1S/C12H17N5/c1-3-16(2)10-4-7-17(9-10)12-11(8-13)14-5-6-15-12/h5-6,10H,3-4,7,9H2,1-2H3. The minimum Gasteiger partial charge on any atom is -0.353 e. The van der Waals surface area contributed by atoms with E-state index in [1.807, 2.05) is 0 Å². The Labute approximate surface area is 102 Å². The molecule has 1 aliphatic rings. The van der Waals surface area contributed by atoms with Gasteiger partial charge in [-0.25, -0.2) is 9.97 Å². The van der Waals surface area contributed by atoms with Crippen LogP contribution in [0.3, 0.4) is 0 Å². The Hall–Kier alpha value is -1.67. The molecule has 1 aromatic rings. The molecule has 5 heteroatoms. The van der Waals surface area contributed by atoms with Crippen molar-refractivity contribution in [3.8, 4) is 6.07 Å². The molecule has 2 heterocycles. The molecule has 90 valence electrons. The van der Waals surface area contributed by atoms with Crippen LogP contribution < -0.4 is 4.90 Å². The highest BCUT2D eigenvalue weighted by atomic mass is 15.3. The largest absolute Gasteiger partial charge is 0.353 e. The number of hydrogen-bond donors (Lipinski definition) is 0. The zero-order chi connectivity index (χ0) is 12.3. The lowest BCUT2D eigenvalue weighted by Crippen LogP contribution is -2.34. The molecule has 0 amide bonds. The van der Waals surface area contributed by atoms with E-state index in [0.717, 1.165) is 31.9 Å². The van der Waals surface area contributed by atoms with Crippen LogP contribution >= 0.6 is 0 Å². The van der Waals surface area contributed by atoms with Crippen LogP contribution in [0, 0.1) is 11.3 Å². The first kappa shape index (κ1) is 11.8. The molecule has 1 aromatic heterocycles. The fraction of sp³-hybridized carbons (Fsp3) is 0.583. The minimum absolute atomic E-state index is 0.423. The normalized spacial score (nSPS) is 19.6. The topological polar surface area (TPSA) is 56.1 Å². The number of hydrogen-bond acceptors (Lipinski definition) is 5. The van der Waals surface area contributed by atoms with Crippen molar-refractivity contribution in [3.05, 3.63) is 18.1 Å². The Morgan fingerprint density at radius 1 is 1.53 bits per heavy atom. The summed E-state index contributed by atoms with van der Waals surface area (Å²) >= 11 is 0. The van der Waals surface area contributed by atoms with E-state index in [0.29, 0.717) is 11.7 Å². The van der Waals surface area contributed by atoms with Gasteiger partial charge in [0.05, 0.1) is 0 Å². The first-order valence-electron chi connectivity index (χ1n) is 5.92. The molecule has 1 unspecified atom stereocenters. The van der Waals surface area contributed by atoms with Crippen LogP contribution in [0.1, 0.15) is 19.0 Å². The van der Waals surface area contributed by atoms with E-state index >= 15 is 0 Å². The molecule has 0 radical (unpaired) electrons. The first-order valence-corrected chi connectivity index (χ1v) is 5.92. The lowest BCUT2D eigenvalue weighted by Gasteiger charge is -2.23. The van der Waals surface area contributed by atoms with Crippen molar-refractivity contribution >= 4 is 5.82 Å². The maximum Gasteiger partial charge on any atom is 0.183 e. The molecule has 1 atom stereocenters. The zero-order valence-corrected chi connectivity index (χ0v) is 10.3. The Morgan fingerprint density at radius 2 is 2.29 bits per heavy atom.